The first-order valence-corrected chi connectivity index (χ1v) is 6.84. The lowest BCUT2D eigenvalue weighted by atomic mass is 9.97. The van der Waals surface area contributed by atoms with Crippen molar-refractivity contribution in [2.75, 3.05) is 20.1 Å². The van der Waals surface area contributed by atoms with Gasteiger partial charge in [0.1, 0.15) is 0 Å². The molecule has 0 amide bonds. The van der Waals surface area contributed by atoms with Crippen LogP contribution in [0, 0.1) is 11.8 Å². The summed E-state index contributed by atoms with van der Waals surface area (Å²) in [6.45, 7) is 16.1. The Morgan fingerprint density at radius 2 is 1.56 bits per heavy atom. The molecule has 3 unspecified atom stereocenters. The zero-order chi connectivity index (χ0) is 12.7. The molecule has 2 nitrogen and oxygen atoms in total. The molecule has 2 heteroatoms. The van der Waals surface area contributed by atoms with E-state index in [0.29, 0.717) is 18.0 Å². The fraction of sp³-hybridized carbons (Fsp3) is 1.00. The molecular weight excluding hydrogens is 196 g/mol. The smallest absolute Gasteiger partial charge is 0.0104 e. The second-order valence-corrected chi connectivity index (χ2v) is 5.57. The number of nitrogens with zero attached hydrogens (tertiary/aromatic N) is 1. The zero-order valence-corrected chi connectivity index (χ0v) is 12.4. The fourth-order valence-corrected chi connectivity index (χ4v) is 1.92. The maximum atomic E-state index is 3.51. The Hall–Kier alpha value is -0.0800. The van der Waals surface area contributed by atoms with Crippen LogP contribution in [0.5, 0.6) is 0 Å². The van der Waals surface area contributed by atoms with Crippen LogP contribution in [-0.4, -0.2) is 37.1 Å². The molecule has 0 fully saturated rings. The Morgan fingerprint density at radius 1 is 1.00 bits per heavy atom. The van der Waals surface area contributed by atoms with E-state index >= 15 is 0 Å². The van der Waals surface area contributed by atoms with Gasteiger partial charge in [-0.25, -0.2) is 0 Å². The summed E-state index contributed by atoms with van der Waals surface area (Å²) in [5.41, 5.74) is 0. The largest absolute Gasteiger partial charge is 0.316 e. The van der Waals surface area contributed by atoms with Gasteiger partial charge < -0.3 is 10.2 Å². The van der Waals surface area contributed by atoms with Gasteiger partial charge in [0.2, 0.25) is 0 Å². The first-order valence-electron chi connectivity index (χ1n) is 6.84. The summed E-state index contributed by atoms with van der Waals surface area (Å²) in [6, 6.07) is 1.30. The number of hydrogen-bond acceptors (Lipinski definition) is 2. The van der Waals surface area contributed by atoms with E-state index in [9.17, 15) is 0 Å². The first kappa shape index (κ1) is 15.9. The van der Waals surface area contributed by atoms with Crippen LogP contribution in [0.4, 0.5) is 0 Å². The van der Waals surface area contributed by atoms with Crippen molar-refractivity contribution < 1.29 is 0 Å². The van der Waals surface area contributed by atoms with Crippen molar-refractivity contribution in [1.29, 1.82) is 0 Å². The van der Waals surface area contributed by atoms with Crippen LogP contribution in [0.25, 0.3) is 0 Å². The molecule has 0 saturated heterocycles. The third kappa shape index (κ3) is 5.31. The van der Waals surface area contributed by atoms with Gasteiger partial charge in [-0.3, -0.25) is 0 Å². The monoisotopic (exact) mass is 228 g/mol. The molecule has 1 N–H and O–H groups in total. The Labute approximate surface area is 103 Å². The fourth-order valence-electron chi connectivity index (χ4n) is 1.92. The van der Waals surface area contributed by atoms with Crippen LogP contribution in [0.15, 0.2) is 0 Å². The normalized spacial score (nSPS) is 17.8. The van der Waals surface area contributed by atoms with Gasteiger partial charge >= 0.3 is 0 Å². The maximum absolute atomic E-state index is 3.51. The zero-order valence-electron chi connectivity index (χ0n) is 12.4. The molecule has 0 aromatic rings. The second-order valence-electron chi connectivity index (χ2n) is 5.57. The lowest BCUT2D eigenvalue weighted by Gasteiger charge is -2.36. The van der Waals surface area contributed by atoms with E-state index in [1.165, 1.54) is 6.42 Å². The highest BCUT2D eigenvalue weighted by Crippen LogP contribution is 2.16. The summed E-state index contributed by atoms with van der Waals surface area (Å²) in [4.78, 5) is 2.52. The van der Waals surface area contributed by atoms with Crippen molar-refractivity contribution in [3.8, 4) is 0 Å². The van der Waals surface area contributed by atoms with Crippen LogP contribution in [0.3, 0.4) is 0 Å². The van der Waals surface area contributed by atoms with Gasteiger partial charge in [-0.15, -0.1) is 0 Å². The lowest BCUT2D eigenvalue weighted by Crippen LogP contribution is -2.45. The highest BCUT2D eigenvalue weighted by atomic mass is 15.2. The number of rotatable bonds is 8. The third-order valence-corrected chi connectivity index (χ3v) is 3.97. The van der Waals surface area contributed by atoms with Crippen LogP contribution in [0.1, 0.15) is 48.0 Å². The van der Waals surface area contributed by atoms with Crippen LogP contribution < -0.4 is 5.32 Å². The second kappa shape index (κ2) is 8.08. The topological polar surface area (TPSA) is 15.3 Å². The summed E-state index contributed by atoms with van der Waals surface area (Å²) in [6.07, 6.45) is 1.22. The van der Waals surface area contributed by atoms with E-state index in [0.717, 1.165) is 19.0 Å². The minimum Gasteiger partial charge on any atom is -0.316 e. The minimum absolute atomic E-state index is 0.641. The third-order valence-electron chi connectivity index (χ3n) is 3.97. The molecule has 0 aliphatic rings. The van der Waals surface area contributed by atoms with Gasteiger partial charge in [-0.05, 0) is 52.2 Å². The maximum Gasteiger partial charge on any atom is 0.0104 e. The summed E-state index contributed by atoms with van der Waals surface area (Å²) < 4.78 is 0. The van der Waals surface area contributed by atoms with E-state index < -0.39 is 0 Å². The Bertz CT molecular complexity index is 168. The van der Waals surface area contributed by atoms with E-state index in [1.807, 2.05) is 0 Å². The summed E-state index contributed by atoms with van der Waals surface area (Å²) in [5.74, 6) is 1.43. The van der Waals surface area contributed by atoms with Crippen molar-refractivity contribution in [1.82, 2.24) is 10.2 Å². The first-order chi connectivity index (χ1) is 7.41. The van der Waals surface area contributed by atoms with E-state index in [4.69, 9.17) is 0 Å². The van der Waals surface area contributed by atoms with Crippen molar-refractivity contribution >= 4 is 0 Å². The molecule has 0 aromatic heterocycles. The van der Waals surface area contributed by atoms with Gasteiger partial charge in [0, 0.05) is 12.1 Å². The summed E-state index contributed by atoms with van der Waals surface area (Å²) >= 11 is 0. The van der Waals surface area contributed by atoms with Gasteiger partial charge in [-0.1, -0.05) is 27.7 Å². The molecule has 0 spiro atoms. The van der Waals surface area contributed by atoms with Gasteiger partial charge in [0.15, 0.2) is 0 Å². The molecule has 16 heavy (non-hydrogen) atoms. The van der Waals surface area contributed by atoms with Crippen LogP contribution >= 0.6 is 0 Å². The highest BCUT2D eigenvalue weighted by molar-refractivity contribution is 4.77. The number of hydrogen-bond donors (Lipinski definition) is 1. The predicted octanol–water partition coefficient (Wildman–Crippen LogP) is 2.99. The predicted molar refractivity (Wildman–Crippen MR) is 73.8 cm³/mol. The van der Waals surface area contributed by atoms with E-state index in [1.54, 1.807) is 0 Å². The molecule has 0 radical (unpaired) electrons. The highest BCUT2D eigenvalue weighted by Gasteiger charge is 2.22. The molecule has 98 valence electrons. The van der Waals surface area contributed by atoms with Crippen molar-refractivity contribution in [2.45, 2.75) is 60.0 Å². The van der Waals surface area contributed by atoms with Crippen LogP contribution in [-0.2, 0) is 0 Å². The molecular formula is C14H32N2. The molecule has 3 atom stereocenters. The minimum atomic E-state index is 0.641. The average Bonchev–Trinajstić information content (AvgIpc) is 2.26. The lowest BCUT2D eigenvalue weighted by molar-refractivity contribution is 0.121. The number of nitrogens with one attached hydrogen (secondary N) is 1. The SMILES string of the molecule is CCCNCC(C)C(C)N(C)C(C)C(C)C. The van der Waals surface area contributed by atoms with Gasteiger partial charge in [-0.2, -0.15) is 0 Å². The van der Waals surface area contributed by atoms with Crippen molar-refractivity contribution in [2.24, 2.45) is 11.8 Å². The molecule has 0 bridgehead atoms. The van der Waals surface area contributed by atoms with E-state index in [-0.39, 0.29) is 0 Å². The van der Waals surface area contributed by atoms with Crippen molar-refractivity contribution in [3.63, 3.8) is 0 Å². The Balaban J connectivity index is 4.05. The molecule has 0 heterocycles. The van der Waals surface area contributed by atoms with Crippen molar-refractivity contribution in [3.05, 3.63) is 0 Å². The quantitative estimate of drug-likeness (QED) is 0.643. The summed E-state index contributed by atoms with van der Waals surface area (Å²) in [7, 11) is 2.26. The molecule has 0 aliphatic heterocycles. The summed E-state index contributed by atoms with van der Waals surface area (Å²) in [5, 5.41) is 3.51. The van der Waals surface area contributed by atoms with Gasteiger partial charge in [0.25, 0.3) is 0 Å². The molecule has 0 rings (SSSR count). The molecule has 0 aliphatic carbocycles. The van der Waals surface area contributed by atoms with Gasteiger partial charge in [0.05, 0.1) is 0 Å². The van der Waals surface area contributed by atoms with Crippen LogP contribution in [0.2, 0.25) is 0 Å². The van der Waals surface area contributed by atoms with E-state index in [2.05, 4.69) is 58.8 Å². The Kier molecular flexibility index (Phi) is 8.04. The standard InChI is InChI=1S/C14H32N2/c1-8-9-15-10-12(4)14(6)16(7)13(5)11(2)3/h11-15H,8-10H2,1-7H3. The molecule has 0 aromatic carbocycles. The molecule has 0 saturated carbocycles. The Morgan fingerprint density at radius 3 is 2.00 bits per heavy atom. The average molecular weight is 228 g/mol.